The first-order valence-corrected chi connectivity index (χ1v) is 6.54. The van der Waals surface area contributed by atoms with E-state index in [0.717, 1.165) is 19.4 Å². The maximum atomic E-state index is 8.76. The zero-order valence-electron chi connectivity index (χ0n) is 11.5. The quantitative estimate of drug-likeness (QED) is 0.330. The van der Waals surface area contributed by atoms with Gasteiger partial charge in [-0.15, -0.1) is 0 Å². The molecule has 0 aliphatic carbocycles. The molecular weight excluding hydrogens is 236 g/mol. The molecule has 0 unspecified atom stereocenters. The Kier molecular flexibility index (Phi) is 14.6. The minimum atomic E-state index is 0.0905. The number of aliphatic hydroxyl groups is 1. The van der Waals surface area contributed by atoms with E-state index in [9.17, 15) is 0 Å². The maximum absolute atomic E-state index is 8.76. The van der Waals surface area contributed by atoms with Gasteiger partial charge in [-0.2, -0.15) is 0 Å². The highest BCUT2D eigenvalue weighted by Gasteiger charge is 1.95. The Morgan fingerprint density at radius 3 is 1.89 bits per heavy atom. The van der Waals surface area contributed by atoms with Crippen LogP contribution < -0.4 is 5.73 Å². The van der Waals surface area contributed by atoms with Crippen LogP contribution in [0.1, 0.15) is 12.8 Å². The van der Waals surface area contributed by atoms with Crippen molar-refractivity contribution in [1.82, 2.24) is 4.90 Å². The van der Waals surface area contributed by atoms with Gasteiger partial charge in [0.25, 0.3) is 0 Å². The van der Waals surface area contributed by atoms with Gasteiger partial charge in [-0.05, 0) is 26.4 Å². The van der Waals surface area contributed by atoms with Crippen LogP contribution >= 0.6 is 0 Å². The molecule has 0 aromatic carbocycles. The summed E-state index contributed by atoms with van der Waals surface area (Å²) in [7, 11) is 1.87. The van der Waals surface area contributed by atoms with E-state index in [2.05, 4.69) is 0 Å². The third-order valence-electron chi connectivity index (χ3n) is 2.31. The molecule has 0 rings (SSSR count). The highest BCUT2D eigenvalue weighted by atomic mass is 16.5. The molecule has 0 aliphatic heterocycles. The second-order valence-corrected chi connectivity index (χ2v) is 4.05. The first kappa shape index (κ1) is 17.8. The second-order valence-electron chi connectivity index (χ2n) is 4.05. The van der Waals surface area contributed by atoms with Gasteiger partial charge in [-0.25, -0.2) is 0 Å². The number of nitrogens with zero attached hydrogens (tertiary/aromatic N) is 1. The van der Waals surface area contributed by atoms with Crippen molar-refractivity contribution in [3.8, 4) is 0 Å². The molecule has 0 fully saturated rings. The zero-order chi connectivity index (χ0) is 13.5. The van der Waals surface area contributed by atoms with Crippen LogP contribution in [0.3, 0.4) is 0 Å². The fraction of sp³-hybridized carbons (Fsp3) is 1.00. The van der Waals surface area contributed by atoms with Gasteiger partial charge in [0.2, 0.25) is 0 Å². The summed E-state index contributed by atoms with van der Waals surface area (Å²) in [4.78, 5) is 1.83. The van der Waals surface area contributed by atoms with E-state index in [0.29, 0.717) is 46.2 Å². The van der Waals surface area contributed by atoms with Gasteiger partial charge < -0.3 is 25.1 Å². The van der Waals surface area contributed by atoms with Crippen molar-refractivity contribution in [2.45, 2.75) is 12.8 Å². The molecule has 0 aliphatic rings. The number of aliphatic hydroxyl groups excluding tert-OH is 1. The van der Waals surface area contributed by atoms with E-state index in [1.54, 1.807) is 0 Å². The summed E-state index contributed by atoms with van der Waals surface area (Å²) >= 11 is 0. The van der Waals surface area contributed by atoms with Crippen molar-refractivity contribution < 1.29 is 19.3 Å². The van der Waals surface area contributed by atoms with Crippen LogP contribution in [-0.4, -0.2) is 76.5 Å². The maximum Gasteiger partial charge on any atom is 0.0954 e. The SMILES string of the molecule is CN(CO)CCCOCCOCCOCCCN. The van der Waals surface area contributed by atoms with E-state index in [4.69, 9.17) is 25.1 Å². The molecule has 0 aromatic rings. The van der Waals surface area contributed by atoms with Crippen LogP contribution in [0.2, 0.25) is 0 Å². The van der Waals surface area contributed by atoms with Crippen LogP contribution in [0.15, 0.2) is 0 Å². The molecule has 0 heterocycles. The summed E-state index contributed by atoms with van der Waals surface area (Å²) in [6.07, 6.45) is 1.81. The Balaban J connectivity index is 2.94. The Hall–Kier alpha value is -0.240. The summed E-state index contributed by atoms with van der Waals surface area (Å²) in [5.41, 5.74) is 5.33. The van der Waals surface area contributed by atoms with Crippen molar-refractivity contribution in [2.24, 2.45) is 5.73 Å². The first-order valence-electron chi connectivity index (χ1n) is 6.54. The average Bonchev–Trinajstić information content (AvgIpc) is 2.39. The standard InChI is InChI=1S/C12H28N2O4/c1-14(12-15)5-3-7-17-9-11-18-10-8-16-6-2-4-13/h15H,2-13H2,1H3. The molecule has 6 nitrogen and oxygen atoms in total. The topological polar surface area (TPSA) is 77.2 Å². The molecule has 0 amide bonds. The Morgan fingerprint density at radius 2 is 1.39 bits per heavy atom. The lowest BCUT2D eigenvalue weighted by atomic mass is 10.4. The molecule has 0 spiro atoms. The predicted octanol–water partition coefficient (Wildman–Crippen LogP) is -0.343. The summed E-state index contributed by atoms with van der Waals surface area (Å²) in [6.45, 7) is 5.40. The van der Waals surface area contributed by atoms with E-state index >= 15 is 0 Å². The van der Waals surface area contributed by atoms with Gasteiger partial charge >= 0.3 is 0 Å². The minimum absolute atomic E-state index is 0.0905. The lowest BCUT2D eigenvalue weighted by molar-refractivity contribution is 0.0122. The van der Waals surface area contributed by atoms with Gasteiger partial charge in [0, 0.05) is 19.8 Å². The highest BCUT2D eigenvalue weighted by molar-refractivity contribution is 4.44. The molecule has 18 heavy (non-hydrogen) atoms. The van der Waals surface area contributed by atoms with Crippen LogP contribution in [0.5, 0.6) is 0 Å². The molecule has 3 N–H and O–H groups in total. The minimum Gasteiger partial charge on any atom is -0.381 e. The predicted molar refractivity (Wildman–Crippen MR) is 70.5 cm³/mol. The lowest BCUT2D eigenvalue weighted by Crippen LogP contribution is -2.21. The van der Waals surface area contributed by atoms with E-state index < -0.39 is 0 Å². The van der Waals surface area contributed by atoms with Crippen LogP contribution in [-0.2, 0) is 14.2 Å². The van der Waals surface area contributed by atoms with Crippen molar-refractivity contribution in [2.75, 3.05) is 66.5 Å². The van der Waals surface area contributed by atoms with Crippen molar-refractivity contribution in [1.29, 1.82) is 0 Å². The largest absolute Gasteiger partial charge is 0.381 e. The molecular formula is C12H28N2O4. The van der Waals surface area contributed by atoms with Crippen LogP contribution in [0.25, 0.3) is 0 Å². The van der Waals surface area contributed by atoms with Crippen molar-refractivity contribution >= 4 is 0 Å². The normalized spacial score (nSPS) is 11.3. The number of hydrogen-bond donors (Lipinski definition) is 2. The molecule has 6 heteroatoms. The van der Waals surface area contributed by atoms with Gasteiger partial charge in [-0.1, -0.05) is 0 Å². The fourth-order valence-corrected chi connectivity index (χ4v) is 1.23. The number of ether oxygens (including phenoxy) is 3. The molecule has 0 bridgehead atoms. The number of nitrogens with two attached hydrogens (primary N) is 1. The van der Waals surface area contributed by atoms with Gasteiger partial charge in [0.15, 0.2) is 0 Å². The van der Waals surface area contributed by atoms with Crippen LogP contribution in [0, 0.1) is 0 Å². The summed E-state index contributed by atoms with van der Waals surface area (Å²) in [6, 6.07) is 0. The molecule has 0 aromatic heterocycles. The number of hydrogen-bond acceptors (Lipinski definition) is 6. The van der Waals surface area contributed by atoms with E-state index in [1.807, 2.05) is 11.9 Å². The van der Waals surface area contributed by atoms with Crippen molar-refractivity contribution in [3.63, 3.8) is 0 Å². The molecule has 0 radical (unpaired) electrons. The highest BCUT2D eigenvalue weighted by Crippen LogP contribution is 1.88. The van der Waals surface area contributed by atoms with Gasteiger partial charge in [-0.3, -0.25) is 4.90 Å². The summed E-state index contributed by atoms with van der Waals surface area (Å²) < 4.78 is 16.0. The third-order valence-corrected chi connectivity index (χ3v) is 2.31. The molecule has 110 valence electrons. The fourth-order valence-electron chi connectivity index (χ4n) is 1.23. The Bertz CT molecular complexity index is 161. The summed E-state index contributed by atoms with van der Waals surface area (Å²) in [5, 5.41) is 8.76. The zero-order valence-corrected chi connectivity index (χ0v) is 11.5. The Labute approximate surface area is 110 Å². The van der Waals surface area contributed by atoms with Gasteiger partial charge in [0.1, 0.15) is 0 Å². The molecule has 0 atom stereocenters. The first-order chi connectivity index (χ1) is 8.81. The smallest absolute Gasteiger partial charge is 0.0954 e. The van der Waals surface area contributed by atoms with Crippen LogP contribution in [0.4, 0.5) is 0 Å². The second kappa shape index (κ2) is 14.8. The number of rotatable bonds is 14. The molecule has 0 saturated heterocycles. The Morgan fingerprint density at radius 1 is 0.889 bits per heavy atom. The summed E-state index contributed by atoms with van der Waals surface area (Å²) in [5.74, 6) is 0. The van der Waals surface area contributed by atoms with E-state index in [1.165, 1.54) is 0 Å². The van der Waals surface area contributed by atoms with E-state index in [-0.39, 0.29) is 6.73 Å². The molecule has 0 saturated carbocycles. The lowest BCUT2D eigenvalue weighted by Gasteiger charge is -2.12. The average molecular weight is 264 g/mol. The third kappa shape index (κ3) is 13.8. The van der Waals surface area contributed by atoms with Crippen molar-refractivity contribution in [3.05, 3.63) is 0 Å². The van der Waals surface area contributed by atoms with Gasteiger partial charge in [0.05, 0.1) is 33.2 Å². The monoisotopic (exact) mass is 264 g/mol.